The largest absolute Gasteiger partial charge is 0.356 e. The van der Waals surface area contributed by atoms with Crippen LogP contribution < -0.4 is 10.6 Å². The zero-order chi connectivity index (χ0) is 12.5. The van der Waals surface area contributed by atoms with Crippen molar-refractivity contribution in [2.75, 3.05) is 19.6 Å². The fourth-order valence-corrected chi connectivity index (χ4v) is 1.51. The normalized spacial score (nSPS) is 10.2. The maximum Gasteiger partial charge on any atom is 0.224 e. The van der Waals surface area contributed by atoms with E-state index in [4.69, 9.17) is 0 Å². The molecule has 0 aliphatic carbocycles. The van der Waals surface area contributed by atoms with E-state index in [0.29, 0.717) is 12.1 Å². The number of benzene rings is 1. The monoisotopic (exact) mass is 238 g/mol. The van der Waals surface area contributed by atoms with E-state index < -0.39 is 0 Å². The first-order chi connectivity index (χ1) is 8.22. The molecule has 0 saturated heterocycles. The van der Waals surface area contributed by atoms with E-state index in [9.17, 15) is 9.18 Å². The van der Waals surface area contributed by atoms with Crippen LogP contribution >= 0.6 is 0 Å². The van der Waals surface area contributed by atoms with Gasteiger partial charge in [-0.05, 0) is 37.2 Å². The molecule has 0 spiro atoms. The molecule has 94 valence electrons. The molecular formula is C13H19FN2O. The van der Waals surface area contributed by atoms with Gasteiger partial charge in [0.15, 0.2) is 0 Å². The topological polar surface area (TPSA) is 41.1 Å². The van der Waals surface area contributed by atoms with E-state index in [1.54, 1.807) is 12.1 Å². The lowest BCUT2D eigenvalue weighted by atomic mass is 10.1. The third-order valence-corrected chi connectivity index (χ3v) is 2.36. The van der Waals surface area contributed by atoms with Gasteiger partial charge >= 0.3 is 0 Å². The molecule has 0 fully saturated rings. The van der Waals surface area contributed by atoms with Gasteiger partial charge in [-0.3, -0.25) is 4.79 Å². The number of hydrogen-bond acceptors (Lipinski definition) is 2. The molecule has 1 aromatic carbocycles. The Balaban J connectivity index is 2.21. The second-order valence-corrected chi connectivity index (χ2v) is 3.86. The first-order valence-corrected chi connectivity index (χ1v) is 5.94. The highest BCUT2D eigenvalue weighted by molar-refractivity contribution is 5.78. The van der Waals surface area contributed by atoms with E-state index in [1.165, 1.54) is 12.1 Å². The molecule has 0 unspecified atom stereocenters. The Morgan fingerprint density at radius 2 is 2.18 bits per heavy atom. The summed E-state index contributed by atoms with van der Waals surface area (Å²) >= 11 is 0. The summed E-state index contributed by atoms with van der Waals surface area (Å²) in [6.45, 7) is 4.54. The molecule has 0 atom stereocenters. The second kappa shape index (κ2) is 7.79. The molecule has 0 aliphatic rings. The Morgan fingerprint density at radius 3 is 2.88 bits per heavy atom. The molecule has 1 aromatic rings. The van der Waals surface area contributed by atoms with Gasteiger partial charge in [0.05, 0.1) is 6.42 Å². The van der Waals surface area contributed by atoms with Crippen LogP contribution in [0.2, 0.25) is 0 Å². The van der Waals surface area contributed by atoms with Crippen LogP contribution in [-0.4, -0.2) is 25.5 Å². The van der Waals surface area contributed by atoms with Gasteiger partial charge in [-0.15, -0.1) is 0 Å². The maximum absolute atomic E-state index is 12.9. The first-order valence-electron chi connectivity index (χ1n) is 5.94. The number of amides is 1. The average molecular weight is 238 g/mol. The summed E-state index contributed by atoms with van der Waals surface area (Å²) in [7, 11) is 0. The zero-order valence-corrected chi connectivity index (χ0v) is 10.1. The van der Waals surface area contributed by atoms with Gasteiger partial charge in [0.25, 0.3) is 0 Å². The minimum Gasteiger partial charge on any atom is -0.356 e. The van der Waals surface area contributed by atoms with Crippen LogP contribution in [0.1, 0.15) is 18.9 Å². The number of hydrogen-bond donors (Lipinski definition) is 2. The minimum absolute atomic E-state index is 0.0629. The first kappa shape index (κ1) is 13.6. The summed E-state index contributed by atoms with van der Waals surface area (Å²) in [5.41, 5.74) is 0.703. The van der Waals surface area contributed by atoms with Gasteiger partial charge < -0.3 is 10.6 Å². The third-order valence-electron chi connectivity index (χ3n) is 2.36. The van der Waals surface area contributed by atoms with Crippen molar-refractivity contribution < 1.29 is 9.18 Å². The van der Waals surface area contributed by atoms with Crippen LogP contribution in [0.3, 0.4) is 0 Å². The van der Waals surface area contributed by atoms with Crippen molar-refractivity contribution in [1.29, 1.82) is 0 Å². The summed E-state index contributed by atoms with van der Waals surface area (Å²) in [6.07, 6.45) is 1.14. The molecule has 0 aliphatic heterocycles. The Morgan fingerprint density at radius 1 is 1.35 bits per heavy atom. The van der Waals surface area contributed by atoms with Gasteiger partial charge in [-0.2, -0.15) is 0 Å². The number of halogens is 1. The predicted molar refractivity (Wildman–Crippen MR) is 66.3 cm³/mol. The van der Waals surface area contributed by atoms with E-state index in [1.807, 2.05) is 6.92 Å². The highest BCUT2D eigenvalue weighted by Crippen LogP contribution is 2.03. The number of nitrogens with one attached hydrogen (secondary N) is 2. The van der Waals surface area contributed by atoms with Gasteiger partial charge in [0.2, 0.25) is 5.91 Å². The van der Waals surface area contributed by atoms with Gasteiger partial charge in [0.1, 0.15) is 5.82 Å². The standard InChI is InChI=1S/C13H19FN2O/c1-2-15-7-4-8-16-13(17)10-11-5-3-6-12(14)9-11/h3,5-6,9,15H,2,4,7-8,10H2,1H3,(H,16,17). The van der Waals surface area contributed by atoms with Crippen molar-refractivity contribution in [2.24, 2.45) is 0 Å². The molecule has 2 N–H and O–H groups in total. The van der Waals surface area contributed by atoms with Crippen LogP contribution in [0.4, 0.5) is 4.39 Å². The minimum atomic E-state index is -0.303. The third kappa shape index (κ3) is 6.02. The molecule has 3 nitrogen and oxygen atoms in total. The molecule has 0 radical (unpaired) electrons. The molecule has 1 amide bonds. The summed E-state index contributed by atoms with van der Waals surface area (Å²) in [4.78, 5) is 11.5. The van der Waals surface area contributed by atoms with E-state index in [0.717, 1.165) is 19.5 Å². The van der Waals surface area contributed by atoms with Gasteiger partial charge in [0, 0.05) is 6.54 Å². The molecule has 0 saturated carbocycles. The van der Waals surface area contributed by atoms with Crippen molar-refractivity contribution in [3.05, 3.63) is 35.6 Å². The quantitative estimate of drug-likeness (QED) is 0.707. The average Bonchev–Trinajstić information content (AvgIpc) is 2.29. The Hall–Kier alpha value is -1.42. The Kier molecular flexibility index (Phi) is 6.25. The molecule has 0 heterocycles. The fourth-order valence-electron chi connectivity index (χ4n) is 1.51. The maximum atomic E-state index is 12.9. The van der Waals surface area contributed by atoms with Crippen molar-refractivity contribution >= 4 is 5.91 Å². The van der Waals surface area contributed by atoms with E-state index in [2.05, 4.69) is 10.6 Å². The van der Waals surface area contributed by atoms with Crippen molar-refractivity contribution in [3.63, 3.8) is 0 Å². The fraction of sp³-hybridized carbons (Fsp3) is 0.462. The summed E-state index contributed by atoms with van der Waals surface area (Å²) in [5.74, 6) is -0.366. The smallest absolute Gasteiger partial charge is 0.224 e. The highest BCUT2D eigenvalue weighted by Gasteiger charge is 2.03. The van der Waals surface area contributed by atoms with Crippen molar-refractivity contribution in [1.82, 2.24) is 10.6 Å². The van der Waals surface area contributed by atoms with Gasteiger partial charge in [-0.25, -0.2) is 4.39 Å². The Labute approximate surface area is 101 Å². The lowest BCUT2D eigenvalue weighted by molar-refractivity contribution is -0.120. The number of rotatable bonds is 7. The lowest BCUT2D eigenvalue weighted by Crippen LogP contribution is -2.28. The van der Waals surface area contributed by atoms with Crippen molar-refractivity contribution in [2.45, 2.75) is 19.8 Å². The summed E-state index contributed by atoms with van der Waals surface area (Å²) in [5, 5.41) is 5.99. The molecule has 0 aromatic heterocycles. The van der Waals surface area contributed by atoms with Gasteiger partial charge in [-0.1, -0.05) is 19.1 Å². The molecular weight excluding hydrogens is 219 g/mol. The van der Waals surface area contributed by atoms with E-state index >= 15 is 0 Å². The molecule has 4 heteroatoms. The van der Waals surface area contributed by atoms with Crippen LogP contribution in [0.15, 0.2) is 24.3 Å². The number of carbonyl (C=O) groups excluding carboxylic acids is 1. The number of carbonyl (C=O) groups is 1. The van der Waals surface area contributed by atoms with E-state index in [-0.39, 0.29) is 18.1 Å². The summed E-state index contributed by atoms with van der Waals surface area (Å²) in [6, 6.07) is 6.13. The second-order valence-electron chi connectivity index (χ2n) is 3.86. The van der Waals surface area contributed by atoms with Crippen LogP contribution in [-0.2, 0) is 11.2 Å². The van der Waals surface area contributed by atoms with Crippen LogP contribution in [0, 0.1) is 5.82 Å². The van der Waals surface area contributed by atoms with Crippen LogP contribution in [0.25, 0.3) is 0 Å². The highest BCUT2D eigenvalue weighted by atomic mass is 19.1. The molecule has 1 rings (SSSR count). The lowest BCUT2D eigenvalue weighted by Gasteiger charge is -2.05. The van der Waals surface area contributed by atoms with Crippen molar-refractivity contribution in [3.8, 4) is 0 Å². The summed E-state index contributed by atoms with van der Waals surface area (Å²) < 4.78 is 12.9. The molecule has 0 bridgehead atoms. The Bertz CT molecular complexity index is 355. The van der Waals surface area contributed by atoms with Crippen LogP contribution in [0.5, 0.6) is 0 Å². The SMILES string of the molecule is CCNCCCNC(=O)Cc1cccc(F)c1. The predicted octanol–water partition coefficient (Wildman–Crippen LogP) is 1.48. The zero-order valence-electron chi connectivity index (χ0n) is 10.1. The molecule has 17 heavy (non-hydrogen) atoms.